The second kappa shape index (κ2) is 4.75. The van der Waals surface area contributed by atoms with Crippen LogP contribution in [0.5, 0.6) is 0 Å². The van der Waals surface area contributed by atoms with Crippen LogP contribution in [0, 0.1) is 5.41 Å². The van der Waals surface area contributed by atoms with E-state index >= 15 is 0 Å². The second-order valence-corrected chi connectivity index (χ2v) is 5.60. The Hall–Kier alpha value is -0.550. The number of amides is 1. The Kier molecular flexibility index (Phi) is 3.54. The van der Waals surface area contributed by atoms with Gasteiger partial charge in [0, 0.05) is 18.8 Å². The summed E-state index contributed by atoms with van der Waals surface area (Å²) in [6.07, 6.45) is 2.93. The Labute approximate surface area is 105 Å². The van der Waals surface area contributed by atoms with Gasteiger partial charge in [-0.1, -0.05) is 0 Å². The first kappa shape index (κ1) is 11.9. The summed E-state index contributed by atoms with van der Waals surface area (Å²) in [7, 11) is 1.84. The van der Waals surface area contributed by atoms with Gasteiger partial charge in [-0.25, -0.2) is 4.98 Å². The average Bonchev–Trinajstić information content (AvgIpc) is 2.85. The van der Waals surface area contributed by atoms with Gasteiger partial charge in [0.15, 0.2) is 0 Å². The molecule has 0 aliphatic heterocycles. The van der Waals surface area contributed by atoms with Crippen LogP contribution in [0.25, 0.3) is 0 Å². The molecule has 0 atom stereocenters. The van der Waals surface area contributed by atoms with Crippen LogP contribution in [0.3, 0.4) is 0 Å². The quantitative estimate of drug-likeness (QED) is 0.819. The normalized spacial score (nSPS) is 17.1. The first-order valence-corrected chi connectivity index (χ1v) is 6.95. The fourth-order valence-electron chi connectivity index (χ4n) is 1.67. The molecule has 1 fully saturated rings. The molecule has 5 heteroatoms. The molecule has 1 aliphatic carbocycles. The highest BCUT2D eigenvalue weighted by Gasteiger charge is 2.43. The monoisotopic (exact) mass is 256 g/mol. The first-order valence-electron chi connectivity index (χ1n) is 5.37. The summed E-state index contributed by atoms with van der Waals surface area (Å²) >= 11 is 5.88. The molecule has 1 aliphatic rings. The number of nitrogens with zero attached hydrogens (tertiary/aromatic N) is 2. The van der Waals surface area contributed by atoms with Gasteiger partial charge in [-0.3, -0.25) is 4.79 Å². The Morgan fingerprint density at radius 1 is 1.69 bits per heavy atom. The van der Waals surface area contributed by atoms with E-state index in [1.165, 1.54) is 0 Å². The Balaban J connectivity index is 1.85. The SMILES string of the molecule is CN(Cc1cscn1)C(=O)CC1(CS)CC1. The minimum Gasteiger partial charge on any atom is -0.340 e. The van der Waals surface area contributed by atoms with Gasteiger partial charge in [0.25, 0.3) is 0 Å². The lowest BCUT2D eigenvalue weighted by atomic mass is 10.0. The summed E-state index contributed by atoms with van der Waals surface area (Å²) < 4.78 is 0. The molecular weight excluding hydrogens is 240 g/mol. The lowest BCUT2D eigenvalue weighted by Gasteiger charge is -2.19. The number of aromatic nitrogens is 1. The van der Waals surface area contributed by atoms with E-state index in [4.69, 9.17) is 0 Å². The van der Waals surface area contributed by atoms with Crippen molar-refractivity contribution in [1.82, 2.24) is 9.88 Å². The zero-order valence-electron chi connectivity index (χ0n) is 9.35. The van der Waals surface area contributed by atoms with E-state index < -0.39 is 0 Å². The van der Waals surface area contributed by atoms with Crippen molar-refractivity contribution < 1.29 is 4.79 Å². The minimum atomic E-state index is 0.205. The second-order valence-electron chi connectivity index (χ2n) is 4.56. The molecule has 3 nitrogen and oxygen atoms in total. The molecule has 1 amide bonds. The standard InChI is InChI=1S/C11H16N2OS2/c1-13(5-9-6-16-8-12-9)10(14)4-11(7-15)2-3-11/h6,8,15H,2-5,7H2,1H3. The van der Waals surface area contributed by atoms with Gasteiger partial charge < -0.3 is 4.90 Å². The zero-order chi connectivity index (χ0) is 11.6. The third kappa shape index (κ3) is 2.77. The molecule has 0 aromatic carbocycles. The number of carbonyl (C=O) groups is 1. The van der Waals surface area contributed by atoms with Crippen molar-refractivity contribution in [3.05, 3.63) is 16.6 Å². The topological polar surface area (TPSA) is 33.2 Å². The van der Waals surface area contributed by atoms with Crippen molar-refractivity contribution in [3.63, 3.8) is 0 Å². The van der Waals surface area contributed by atoms with E-state index in [2.05, 4.69) is 17.6 Å². The molecule has 1 saturated carbocycles. The molecule has 0 bridgehead atoms. The maximum Gasteiger partial charge on any atom is 0.223 e. The van der Waals surface area contributed by atoms with Crippen molar-refractivity contribution in [2.24, 2.45) is 5.41 Å². The zero-order valence-corrected chi connectivity index (χ0v) is 11.1. The van der Waals surface area contributed by atoms with E-state index in [-0.39, 0.29) is 11.3 Å². The van der Waals surface area contributed by atoms with Gasteiger partial charge in [-0.2, -0.15) is 12.6 Å². The number of hydrogen-bond acceptors (Lipinski definition) is 4. The molecule has 2 rings (SSSR count). The molecule has 16 heavy (non-hydrogen) atoms. The highest BCUT2D eigenvalue weighted by Crippen LogP contribution is 2.49. The van der Waals surface area contributed by atoms with Crippen LogP contribution in [-0.4, -0.2) is 28.6 Å². The molecule has 0 unspecified atom stereocenters. The highest BCUT2D eigenvalue weighted by molar-refractivity contribution is 7.80. The Bertz CT molecular complexity index is 360. The fraction of sp³-hybridized carbons (Fsp3) is 0.636. The van der Waals surface area contributed by atoms with Gasteiger partial charge in [-0.15, -0.1) is 11.3 Å². The van der Waals surface area contributed by atoms with Crippen molar-refractivity contribution in [3.8, 4) is 0 Å². The third-order valence-electron chi connectivity index (χ3n) is 3.13. The van der Waals surface area contributed by atoms with Crippen molar-refractivity contribution in [2.45, 2.75) is 25.8 Å². The predicted octanol–water partition coefficient (Wildman–Crippen LogP) is 2.20. The molecule has 0 spiro atoms. The summed E-state index contributed by atoms with van der Waals surface area (Å²) in [6, 6.07) is 0. The van der Waals surface area contributed by atoms with Crippen LogP contribution in [-0.2, 0) is 11.3 Å². The van der Waals surface area contributed by atoms with E-state index in [1.807, 2.05) is 12.4 Å². The van der Waals surface area contributed by atoms with E-state index in [9.17, 15) is 4.79 Å². The first-order chi connectivity index (χ1) is 7.65. The third-order valence-corrected chi connectivity index (χ3v) is 4.43. The van der Waals surface area contributed by atoms with Gasteiger partial charge in [0.1, 0.15) is 0 Å². The van der Waals surface area contributed by atoms with Crippen LogP contribution in [0.15, 0.2) is 10.9 Å². The Morgan fingerprint density at radius 3 is 2.94 bits per heavy atom. The molecule has 88 valence electrons. The van der Waals surface area contributed by atoms with E-state index in [0.717, 1.165) is 24.3 Å². The van der Waals surface area contributed by atoms with Crippen LogP contribution < -0.4 is 0 Å². The van der Waals surface area contributed by atoms with Crippen molar-refractivity contribution >= 4 is 29.9 Å². The van der Waals surface area contributed by atoms with Gasteiger partial charge >= 0.3 is 0 Å². The number of thiol groups is 1. The van der Waals surface area contributed by atoms with Crippen molar-refractivity contribution in [2.75, 3.05) is 12.8 Å². The molecule has 1 aromatic heterocycles. The van der Waals surface area contributed by atoms with Crippen LogP contribution >= 0.6 is 24.0 Å². The Morgan fingerprint density at radius 2 is 2.44 bits per heavy atom. The summed E-state index contributed by atoms with van der Waals surface area (Å²) in [5, 5.41) is 1.98. The average molecular weight is 256 g/mol. The number of carbonyl (C=O) groups excluding carboxylic acids is 1. The van der Waals surface area contributed by atoms with E-state index in [0.29, 0.717) is 13.0 Å². The molecule has 0 radical (unpaired) electrons. The summed E-state index contributed by atoms with van der Waals surface area (Å²) in [4.78, 5) is 17.9. The molecule has 0 N–H and O–H groups in total. The van der Waals surface area contributed by atoms with Gasteiger partial charge in [0.05, 0.1) is 17.7 Å². The lowest BCUT2D eigenvalue weighted by Crippen LogP contribution is -2.29. The summed E-state index contributed by atoms with van der Waals surface area (Å²) in [5.41, 5.74) is 2.97. The van der Waals surface area contributed by atoms with Crippen LogP contribution in [0.4, 0.5) is 0 Å². The maximum atomic E-state index is 12.0. The minimum absolute atomic E-state index is 0.205. The van der Waals surface area contributed by atoms with Crippen molar-refractivity contribution in [1.29, 1.82) is 0 Å². The highest BCUT2D eigenvalue weighted by atomic mass is 32.1. The smallest absolute Gasteiger partial charge is 0.223 e. The van der Waals surface area contributed by atoms with Crippen LogP contribution in [0.1, 0.15) is 25.0 Å². The number of thiazole rings is 1. The maximum absolute atomic E-state index is 12.0. The summed E-state index contributed by atoms with van der Waals surface area (Å²) in [6.45, 7) is 0.616. The lowest BCUT2D eigenvalue weighted by molar-refractivity contribution is -0.131. The molecule has 1 aromatic rings. The molecular formula is C11H16N2OS2. The van der Waals surface area contributed by atoms with Crippen LogP contribution in [0.2, 0.25) is 0 Å². The fourth-order valence-corrected chi connectivity index (χ4v) is 2.65. The number of hydrogen-bond donors (Lipinski definition) is 1. The largest absolute Gasteiger partial charge is 0.340 e. The molecule has 0 saturated heterocycles. The molecule has 1 heterocycles. The van der Waals surface area contributed by atoms with Gasteiger partial charge in [0.2, 0.25) is 5.91 Å². The number of rotatable bonds is 5. The summed E-state index contributed by atoms with van der Waals surface area (Å²) in [5.74, 6) is 1.03. The predicted molar refractivity (Wildman–Crippen MR) is 68.7 cm³/mol. The van der Waals surface area contributed by atoms with E-state index in [1.54, 1.807) is 21.7 Å². The van der Waals surface area contributed by atoms with Gasteiger partial charge in [-0.05, 0) is 24.0 Å².